The fourth-order valence-electron chi connectivity index (χ4n) is 1.46. The molecule has 1 aromatic carbocycles. The van der Waals surface area contributed by atoms with Gasteiger partial charge in [0.05, 0.1) is 17.6 Å². The molecule has 0 spiro atoms. The van der Waals surface area contributed by atoms with E-state index in [4.69, 9.17) is 5.73 Å². The van der Waals surface area contributed by atoms with Gasteiger partial charge in [-0.05, 0) is 32.0 Å². The van der Waals surface area contributed by atoms with Gasteiger partial charge in [-0.1, -0.05) is 0 Å². The Bertz CT molecular complexity index is 581. The number of methoxy groups -OCH3 is 1. The van der Waals surface area contributed by atoms with Crippen molar-refractivity contribution in [2.75, 3.05) is 19.9 Å². The first-order valence-corrected chi connectivity index (χ1v) is 7.11. The van der Waals surface area contributed by atoms with Gasteiger partial charge in [0, 0.05) is 18.8 Å². The maximum Gasteiger partial charge on any atom is 0.339 e. The van der Waals surface area contributed by atoms with Gasteiger partial charge in [-0.25, -0.2) is 13.2 Å². The molecule has 0 aliphatic heterocycles. The van der Waals surface area contributed by atoms with Gasteiger partial charge in [0.1, 0.15) is 0 Å². The Balaban J connectivity index is 3.49. The van der Waals surface area contributed by atoms with Crippen LogP contribution in [-0.4, -0.2) is 38.9 Å². The van der Waals surface area contributed by atoms with Crippen molar-refractivity contribution in [1.82, 2.24) is 4.31 Å². The monoisotopic (exact) mass is 286 g/mol. The molecule has 0 saturated heterocycles. The van der Waals surface area contributed by atoms with Crippen LogP contribution >= 0.6 is 0 Å². The van der Waals surface area contributed by atoms with Crippen LogP contribution < -0.4 is 5.73 Å². The minimum Gasteiger partial charge on any atom is -0.465 e. The summed E-state index contributed by atoms with van der Waals surface area (Å²) in [5.74, 6) is -0.712. The molecular weight excluding hydrogens is 268 g/mol. The molecule has 0 fully saturated rings. The van der Waals surface area contributed by atoms with Crippen LogP contribution in [0.25, 0.3) is 0 Å². The molecule has 0 aliphatic carbocycles. The summed E-state index contributed by atoms with van der Waals surface area (Å²) in [7, 11) is -1.15. The molecule has 19 heavy (non-hydrogen) atoms. The van der Waals surface area contributed by atoms with E-state index in [1.807, 2.05) is 0 Å². The average molecular weight is 286 g/mol. The van der Waals surface area contributed by atoms with Crippen LogP contribution in [0.3, 0.4) is 0 Å². The van der Waals surface area contributed by atoms with Crippen LogP contribution in [0.5, 0.6) is 0 Å². The summed E-state index contributed by atoms with van der Waals surface area (Å²) < 4.78 is 30.6. The van der Waals surface area contributed by atoms with Crippen molar-refractivity contribution < 1.29 is 17.9 Å². The van der Waals surface area contributed by atoms with Gasteiger partial charge in [-0.2, -0.15) is 4.31 Å². The van der Waals surface area contributed by atoms with Crippen molar-refractivity contribution in [2.24, 2.45) is 0 Å². The number of benzene rings is 1. The highest BCUT2D eigenvalue weighted by Gasteiger charge is 2.28. The zero-order chi connectivity index (χ0) is 14.8. The van der Waals surface area contributed by atoms with Crippen molar-refractivity contribution in [3.63, 3.8) is 0 Å². The first kappa shape index (κ1) is 15.5. The lowest BCUT2D eigenvalue weighted by Gasteiger charge is -2.22. The zero-order valence-electron chi connectivity index (χ0n) is 11.4. The fraction of sp³-hybridized carbons (Fsp3) is 0.417. The number of anilines is 1. The minimum atomic E-state index is -3.79. The molecule has 106 valence electrons. The molecule has 2 N–H and O–H groups in total. The second-order valence-electron chi connectivity index (χ2n) is 4.36. The zero-order valence-corrected chi connectivity index (χ0v) is 12.2. The number of carbonyl (C=O) groups is 1. The molecule has 1 rings (SSSR count). The van der Waals surface area contributed by atoms with Crippen LogP contribution in [0.4, 0.5) is 5.69 Å². The smallest absolute Gasteiger partial charge is 0.339 e. The summed E-state index contributed by atoms with van der Waals surface area (Å²) in [5, 5.41) is 0. The normalized spacial score (nSPS) is 11.9. The molecule has 7 heteroatoms. The van der Waals surface area contributed by atoms with Crippen LogP contribution in [0.1, 0.15) is 24.2 Å². The van der Waals surface area contributed by atoms with Crippen molar-refractivity contribution >= 4 is 21.7 Å². The highest BCUT2D eigenvalue weighted by Crippen LogP contribution is 2.24. The Morgan fingerprint density at radius 3 is 2.42 bits per heavy atom. The predicted octanol–water partition coefficient (Wildman–Crippen LogP) is 1.08. The summed E-state index contributed by atoms with van der Waals surface area (Å²) >= 11 is 0. The Labute approximate surface area is 113 Å². The summed E-state index contributed by atoms with van der Waals surface area (Å²) in [6, 6.07) is 3.83. The topological polar surface area (TPSA) is 89.7 Å². The fourth-order valence-corrected chi connectivity index (χ4v) is 3.04. The van der Waals surface area contributed by atoms with E-state index in [1.54, 1.807) is 13.8 Å². The number of hydrogen-bond acceptors (Lipinski definition) is 5. The van der Waals surface area contributed by atoms with Gasteiger partial charge in [0.25, 0.3) is 0 Å². The van der Waals surface area contributed by atoms with Crippen molar-refractivity contribution in [2.45, 2.75) is 24.8 Å². The number of nitrogens with zero attached hydrogens (tertiary/aromatic N) is 1. The van der Waals surface area contributed by atoms with E-state index in [0.29, 0.717) is 0 Å². The molecule has 0 atom stereocenters. The maximum absolute atomic E-state index is 12.4. The highest BCUT2D eigenvalue weighted by molar-refractivity contribution is 7.89. The van der Waals surface area contributed by atoms with Crippen LogP contribution in [0.2, 0.25) is 0 Å². The first-order chi connectivity index (χ1) is 8.71. The minimum absolute atomic E-state index is 0.0239. The van der Waals surface area contributed by atoms with Crippen molar-refractivity contribution in [1.29, 1.82) is 0 Å². The number of carbonyl (C=O) groups excluding carboxylic acids is 1. The van der Waals surface area contributed by atoms with Crippen molar-refractivity contribution in [3.8, 4) is 0 Å². The standard InChI is InChI=1S/C12H18N2O4S/c1-8(2)14(3)19(16,17)11-7-9(13)5-6-10(11)12(15)18-4/h5-8H,13H2,1-4H3. The molecule has 6 nitrogen and oxygen atoms in total. The molecule has 0 unspecified atom stereocenters. The third-order valence-corrected chi connectivity index (χ3v) is 4.87. The van der Waals surface area contributed by atoms with Crippen molar-refractivity contribution in [3.05, 3.63) is 23.8 Å². The number of hydrogen-bond donors (Lipinski definition) is 1. The molecule has 0 bridgehead atoms. The van der Waals surface area contributed by atoms with E-state index >= 15 is 0 Å². The van der Waals surface area contributed by atoms with Gasteiger partial charge < -0.3 is 10.5 Å². The molecule has 0 aromatic heterocycles. The molecule has 0 radical (unpaired) electrons. The number of esters is 1. The van der Waals surface area contributed by atoms with Gasteiger partial charge in [0.15, 0.2) is 0 Å². The predicted molar refractivity (Wildman–Crippen MR) is 72.3 cm³/mol. The molecule has 0 saturated carbocycles. The van der Waals surface area contributed by atoms with Gasteiger partial charge in [-0.15, -0.1) is 0 Å². The third kappa shape index (κ3) is 3.05. The second-order valence-corrected chi connectivity index (χ2v) is 6.33. The van der Waals surface area contributed by atoms with E-state index in [9.17, 15) is 13.2 Å². The third-order valence-electron chi connectivity index (χ3n) is 2.80. The molecule has 0 aliphatic rings. The quantitative estimate of drug-likeness (QED) is 0.661. The second kappa shape index (κ2) is 5.58. The summed E-state index contributed by atoms with van der Waals surface area (Å²) in [4.78, 5) is 11.5. The number of rotatable bonds is 4. The SMILES string of the molecule is COC(=O)c1ccc(N)cc1S(=O)(=O)N(C)C(C)C. The van der Waals surface area contributed by atoms with E-state index in [-0.39, 0.29) is 22.2 Å². The van der Waals surface area contributed by atoms with Gasteiger partial charge in [0.2, 0.25) is 10.0 Å². The van der Waals surface area contributed by atoms with Crippen LogP contribution in [0, 0.1) is 0 Å². The summed E-state index contributed by atoms with van der Waals surface area (Å²) in [6.07, 6.45) is 0. The Kier molecular flexibility index (Phi) is 4.54. The summed E-state index contributed by atoms with van der Waals surface area (Å²) in [6.45, 7) is 3.48. The molecular formula is C12H18N2O4S. The summed E-state index contributed by atoms with van der Waals surface area (Å²) in [5.41, 5.74) is 5.85. The highest BCUT2D eigenvalue weighted by atomic mass is 32.2. The Hall–Kier alpha value is -1.60. The first-order valence-electron chi connectivity index (χ1n) is 5.67. The largest absolute Gasteiger partial charge is 0.465 e. The maximum atomic E-state index is 12.4. The lowest BCUT2D eigenvalue weighted by atomic mass is 10.2. The Morgan fingerprint density at radius 2 is 1.95 bits per heavy atom. The molecule has 0 amide bonds. The van der Waals surface area contributed by atoms with Crippen LogP contribution in [-0.2, 0) is 14.8 Å². The molecule has 0 heterocycles. The number of sulfonamides is 1. The lowest BCUT2D eigenvalue weighted by molar-refractivity contribution is 0.0596. The lowest BCUT2D eigenvalue weighted by Crippen LogP contribution is -2.34. The van der Waals surface area contributed by atoms with E-state index in [2.05, 4.69) is 4.74 Å². The van der Waals surface area contributed by atoms with Gasteiger partial charge in [-0.3, -0.25) is 0 Å². The molecule has 1 aromatic rings. The van der Waals surface area contributed by atoms with E-state index < -0.39 is 16.0 Å². The van der Waals surface area contributed by atoms with Gasteiger partial charge >= 0.3 is 5.97 Å². The Morgan fingerprint density at radius 1 is 1.37 bits per heavy atom. The number of ether oxygens (including phenoxy) is 1. The van der Waals surface area contributed by atoms with E-state index in [0.717, 1.165) is 0 Å². The van der Waals surface area contributed by atoms with E-state index in [1.165, 1.54) is 36.7 Å². The van der Waals surface area contributed by atoms with Crippen LogP contribution in [0.15, 0.2) is 23.1 Å². The average Bonchev–Trinajstić information content (AvgIpc) is 2.36. The number of nitrogen functional groups attached to an aromatic ring is 1. The number of nitrogens with two attached hydrogens (primary N) is 1.